The zero-order valence-corrected chi connectivity index (χ0v) is 9.69. The van der Waals surface area contributed by atoms with Crippen molar-refractivity contribution in [1.29, 1.82) is 0 Å². The van der Waals surface area contributed by atoms with E-state index < -0.39 is 13.0 Å². The Balaban J connectivity index is 2.41. The van der Waals surface area contributed by atoms with E-state index in [2.05, 4.69) is 30.4 Å². The van der Waals surface area contributed by atoms with Gasteiger partial charge in [-0.05, 0) is 0 Å². The molecule has 8 nitrogen and oxygen atoms in total. The molecule has 0 radical (unpaired) electrons. The van der Waals surface area contributed by atoms with E-state index >= 15 is 0 Å². The zero-order valence-electron chi connectivity index (χ0n) is 9.69. The Bertz CT molecular complexity index is 345. The number of nitrogens with one attached hydrogen (secondary N) is 2. The minimum absolute atomic E-state index is 0.0777. The van der Waals surface area contributed by atoms with Gasteiger partial charge in [0.05, 0.1) is 13.7 Å². The van der Waals surface area contributed by atoms with Crippen molar-refractivity contribution in [3.8, 4) is 6.01 Å². The van der Waals surface area contributed by atoms with Gasteiger partial charge in [0, 0.05) is 6.54 Å². The molecule has 0 amide bonds. The molecule has 0 spiro atoms. The molecule has 0 bridgehead atoms. The molecule has 102 valence electrons. The van der Waals surface area contributed by atoms with Gasteiger partial charge in [0.1, 0.15) is 6.61 Å². The summed E-state index contributed by atoms with van der Waals surface area (Å²) in [6.45, 7) is -0.231. The number of aromatic nitrogens is 3. The summed E-state index contributed by atoms with van der Waals surface area (Å²) in [6.07, 6.45) is -2.48. The third kappa shape index (κ3) is 5.01. The van der Waals surface area contributed by atoms with Crippen LogP contribution in [-0.4, -0.2) is 48.2 Å². The average molecular weight is 264 g/mol. The standard InChI is InChI=1S/C8H14F2N6O2/c1-17-8-14-6(13-7(15-8)16-11)12-2-3-18-4-5(9)10/h5H,2-4,11H2,1H3,(H2,12,13,14,15,16). The molecule has 0 saturated carbocycles. The maximum Gasteiger partial charge on any atom is 0.322 e. The minimum atomic E-state index is -2.48. The number of nitrogen functional groups attached to an aromatic ring is 1. The lowest BCUT2D eigenvalue weighted by molar-refractivity contribution is 0.0214. The maximum atomic E-state index is 11.8. The molecule has 1 heterocycles. The van der Waals surface area contributed by atoms with Gasteiger partial charge in [-0.3, -0.25) is 5.43 Å². The highest BCUT2D eigenvalue weighted by atomic mass is 19.3. The molecule has 0 aliphatic carbocycles. The quantitative estimate of drug-likeness (QED) is 0.338. The van der Waals surface area contributed by atoms with Crippen LogP contribution < -0.4 is 21.3 Å². The van der Waals surface area contributed by atoms with Crippen molar-refractivity contribution in [1.82, 2.24) is 15.0 Å². The number of alkyl halides is 2. The van der Waals surface area contributed by atoms with E-state index in [0.717, 1.165) is 0 Å². The second-order valence-electron chi connectivity index (χ2n) is 3.01. The molecular weight excluding hydrogens is 250 g/mol. The fraction of sp³-hybridized carbons (Fsp3) is 0.625. The predicted molar refractivity (Wildman–Crippen MR) is 59.5 cm³/mol. The van der Waals surface area contributed by atoms with Gasteiger partial charge in [-0.25, -0.2) is 14.6 Å². The van der Waals surface area contributed by atoms with Crippen LogP contribution in [0.4, 0.5) is 20.7 Å². The first kappa shape index (κ1) is 14.3. The van der Waals surface area contributed by atoms with Crippen molar-refractivity contribution in [2.45, 2.75) is 6.43 Å². The topological polar surface area (TPSA) is 107 Å². The lowest BCUT2D eigenvalue weighted by Crippen LogP contribution is -2.17. The number of hydrogen-bond acceptors (Lipinski definition) is 8. The van der Waals surface area contributed by atoms with E-state index in [-0.39, 0.29) is 31.1 Å². The first-order valence-corrected chi connectivity index (χ1v) is 5.02. The Morgan fingerprint density at radius 2 is 2.00 bits per heavy atom. The fourth-order valence-corrected chi connectivity index (χ4v) is 0.999. The molecule has 18 heavy (non-hydrogen) atoms. The highest BCUT2D eigenvalue weighted by Gasteiger charge is 2.05. The summed E-state index contributed by atoms with van der Waals surface area (Å²) in [5, 5.41) is 2.76. The van der Waals surface area contributed by atoms with E-state index in [0.29, 0.717) is 0 Å². The molecule has 1 aromatic rings. The van der Waals surface area contributed by atoms with Gasteiger partial charge in [0.2, 0.25) is 11.9 Å². The maximum absolute atomic E-state index is 11.8. The van der Waals surface area contributed by atoms with Crippen LogP contribution in [0.1, 0.15) is 0 Å². The molecule has 0 aliphatic rings. The summed E-state index contributed by atoms with van der Waals surface area (Å²) in [5.41, 5.74) is 2.25. The molecule has 0 fully saturated rings. The van der Waals surface area contributed by atoms with Crippen LogP contribution in [0, 0.1) is 0 Å². The van der Waals surface area contributed by atoms with Crippen LogP contribution in [-0.2, 0) is 4.74 Å². The number of hydrazine groups is 1. The summed E-state index contributed by atoms with van der Waals surface area (Å²) in [6, 6.07) is 0.0777. The van der Waals surface area contributed by atoms with Crippen molar-refractivity contribution in [3.05, 3.63) is 0 Å². The largest absolute Gasteiger partial charge is 0.467 e. The van der Waals surface area contributed by atoms with Crippen molar-refractivity contribution in [2.24, 2.45) is 5.84 Å². The van der Waals surface area contributed by atoms with Crippen LogP contribution in [0.15, 0.2) is 0 Å². The number of hydrogen-bond donors (Lipinski definition) is 3. The van der Waals surface area contributed by atoms with Gasteiger partial charge in [-0.1, -0.05) is 0 Å². The lowest BCUT2D eigenvalue weighted by atomic mass is 10.6. The predicted octanol–water partition coefficient (Wildman–Crippen LogP) is -0.141. The van der Waals surface area contributed by atoms with Crippen LogP contribution in [0.2, 0.25) is 0 Å². The van der Waals surface area contributed by atoms with E-state index in [9.17, 15) is 8.78 Å². The first-order valence-electron chi connectivity index (χ1n) is 5.02. The highest BCUT2D eigenvalue weighted by Crippen LogP contribution is 2.09. The molecule has 0 saturated heterocycles. The molecule has 1 rings (SSSR count). The number of anilines is 2. The number of ether oxygens (including phenoxy) is 2. The Labute approximate surface area is 102 Å². The Kier molecular flexibility index (Phi) is 5.94. The van der Waals surface area contributed by atoms with Gasteiger partial charge in [-0.15, -0.1) is 0 Å². The van der Waals surface area contributed by atoms with Gasteiger partial charge < -0.3 is 14.8 Å². The van der Waals surface area contributed by atoms with Gasteiger partial charge in [0.25, 0.3) is 6.43 Å². The second kappa shape index (κ2) is 7.50. The SMILES string of the molecule is COc1nc(NN)nc(NCCOCC(F)F)n1. The zero-order chi connectivity index (χ0) is 13.4. The fourth-order valence-electron chi connectivity index (χ4n) is 0.999. The number of nitrogens with zero attached hydrogens (tertiary/aromatic N) is 3. The summed E-state index contributed by atoms with van der Waals surface area (Å²) < 4.78 is 33.0. The third-order valence-electron chi connectivity index (χ3n) is 1.70. The van der Waals surface area contributed by atoms with Gasteiger partial charge in [0.15, 0.2) is 0 Å². The number of methoxy groups -OCH3 is 1. The van der Waals surface area contributed by atoms with Crippen LogP contribution in [0.3, 0.4) is 0 Å². The molecule has 0 aromatic carbocycles. The summed E-state index contributed by atoms with van der Waals surface area (Å²) in [5.74, 6) is 5.48. The molecule has 1 aromatic heterocycles. The van der Waals surface area contributed by atoms with Crippen molar-refractivity contribution >= 4 is 11.9 Å². The van der Waals surface area contributed by atoms with E-state index in [1.807, 2.05) is 0 Å². The van der Waals surface area contributed by atoms with Crippen LogP contribution >= 0.6 is 0 Å². The third-order valence-corrected chi connectivity index (χ3v) is 1.70. The summed E-state index contributed by atoms with van der Waals surface area (Å²) in [7, 11) is 1.39. The molecule has 0 unspecified atom stereocenters. The molecule has 4 N–H and O–H groups in total. The van der Waals surface area contributed by atoms with Gasteiger partial charge in [-0.2, -0.15) is 15.0 Å². The molecule has 10 heteroatoms. The van der Waals surface area contributed by atoms with Crippen molar-refractivity contribution in [3.63, 3.8) is 0 Å². The number of rotatable bonds is 8. The second-order valence-corrected chi connectivity index (χ2v) is 3.01. The summed E-state index contributed by atoms with van der Waals surface area (Å²) in [4.78, 5) is 11.5. The first-order chi connectivity index (χ1) is 8.65. The van der Waals surface area contributed by atoms with E-state index in [4.69, 9.17) is 10.6 Å². The molecular formula is C8H14F2N6O2. The summed E-state index contributed by atoms with van der Waals surface area (Å²) >= 11 is 0. The van der Waals surface area contributed by atoms with Crippen LogP contribution in [0.25, 0.3) is 0 Å². The Morgan fingerprint density at radius 1 is 1.28 bits per heavy atom. The average Bonchev–Trinajstić information content (AvgIpc) is 2.37. The van der Waals surface area contributed by atoms with E-state index in [1.54, 1.807) is 0 Å². The molecule has 0 atom stereocenters. The van der Waals surface area contributed by atoms with Crippen molar-refractivity contribution < 1.29 is 18.3 Å². The van der Waals surface area contributed by atoms with Crippen molar-refractivity contribution in [2.75, 3.05) is 37.6 Å². The minimum Gasteiger partial charge on any atom is -0.467 e. The van der Waals surface area contributed by atoms with Crippen LogP contribution in [0.5, 0.6) is 6.01 Å². The highest BCUT2D eigenvalue weighted by molar-refractivity contribution is 5.34. The monoisotopic (exact) mass is 264 g/mol. The van der Waals surface area contributed by atoms with Gasteiger partial charge >= 0.3 is 6.01 Å². The lowest BCUT2D eigenvalue weighted by Gasteiger charge is -2.08. The number of halogens is 2. The van der Waals surface area contributed by atoms with E-state index in [1.165, 1.54) is 7.11 Å². The Morgan fingerprint density at radius 3 is 2.61 bits per heavy atom. The number of nitrogens with two attached hydrogens (primary N) is 1. The smallest absolute Gasteiger partial charge is 0.322 e. The molecule has 0 aliphatic heterocycles. The normalized spacial score (nSPS) is 10.5. The Hall–Kier alpha value is -1.81.